The standard InChI is InChI=1S/C17H23I/c1-2-3-14-4-6-15(7-5-14)8-9-16-10-12-17(18)13-11-16/h2,10-15H,1,3-9H2. The summed E-state index contributed by atoms with van der Waals surface area (Å²) in [6, 6.07) is 9.00. The molecule has 0 nitrogen and oxygen atoms in total. The monoisotopic (exact) mass is 354 g/mol. The van der Waals surface area contributed by atoms with Crippen LogP contribution in [0.25, 0.3) is 0 Å². The molecule has 1 aliphatic carbocycles. The molecule has 0 bridgehead atoms. The SMILES string of the molecule is C=CCC1CCC(CCc2ccc(I)cc2)CC1. The molecule has 1 fully saturated rings. The van der Waals surface area contributed by atoms with Crippen LogP contribution in [0.5, 0.6) is 0 Å². The third kappa shape index (κ3) is 4.42. The number of halogens is 1. The lowest BCUT2D eigenvalue weighted by molar-refractivity contribution is 0.265. The smallest absolute Gasteiger partial charge is 0.0130 e. The van der Waals surface area contributed by atoms with Gasteiger partial charge in [0.1, 0.15) is 0 Å². The molecule has 0 N–H and O–H groups in total. The minimum atomic E-state index is 0.928. The highest BCUT2D eigenvalue weighted by molar-refractivity contribution is 14.1. The van der Waals surface area contributed by atoms with E-state index in [9.17, 15) is 0 Å². The van der Waals surface area contributed by atoms with Crippen molar-refractivity contribution >= 4 is 22.6 Å². The maximum atomic E-state index is 3.86. The van der Waals surface area contributed by atoms with Crippen LogP contribution in [0.1, 0.15) is 44.1 Å². The molecule has 18 heavy (non-hydrogen) atoms. The van der Waals surface area contributed by atoms with Gasteiger partial charge < -0.3 is 0 Å². The van der Waals surface area contributed by atoms with Crippen molar-refractivity contribution in [2.45, 2.75) is 44.9 Å². The van der Waals surface area contributed by atoms with Crippen LogP contribution in [0, 0.1) is 15.4 Å². The first kappa shape index (κ1) is 14.1. The number of benzene rings is 1. The molecule has 1 saturated carbocycles. The quantitative estimate of drug-likeness (QED) is 0.477. The van der Waals surface area contributed by atoms with E-state index < -0.39 is 0 Å². The molecule has 0 radical (unpaired) electrons. The second-order valence-corrected chi connectivity index (χ2v) is 6.82. The highest BCUT2D eigenvalue weighted by Gasteiger charge is 2.19. The average Bonchev–Trinajstić information content (AvgIpc) is 2.40. The number of allylic oxidation sites excluding steroid dienone is 1. The molecule has 0 aliphatic heterocycles. The summed E-state index contributed by atoms with van der Waals surface area (Å²) in [6.07, 6.45) is 11.7. The second-order valence-electron chi connectivity index (χ2n) is 5.58. The zero-order valence-electron chi connectivity index (χ0n) is 11.1. The van der Waals surface area contributed by atoms with Crippen LogP contribution in [-0.2, 0) is 6.42 Å². The van der Waals surface area contributed by atoms with Gasteiger partial charge >= 0.3 is 0 Å². The fourth-order valence-electron chi connectivity index (χ4n) is 3.01. The summed E-state index contributed by atoms with van der Waals surface area (Å²) in [4.78, 5) is 0. The van der Waals surface area contributed by atoms with Crippen molar-refractivity contribution in [1.82, 2.24) is 0 Å². The minimum Gasteiger partial charge on any atom is -0.103 e. The topological polar surface area (TPSA) is 0 Å². The van der Waals surface area contributed by atoms with Crippen molar-refractivity contribution in [2.24, 2.45) is 11.8 Å². The zero-order chi connectivity index (χ0) is 12.8. The van der Waals surface area contributed by atoms with Gasteiger partial charge in [0.25, 0.3) is 0 Å². The highest BCUT2D eigenvalue weighted by Crippen LogP contribution is 2.33. The molecule has 1 aliphatic rings. The first-order chi connectivity index (χ1) is 8.78. The molecule has 1 aromatic rings. The summed E-state index contributed by atoms with van der Waals surface area (Å²) < 4.78 is 1.33. The van der Waals surface area contributed by atoms with Crippen LogP contribution in [0.4, 0.5) is 0 Å². The van der Waals surface area contributed by atoms with E-state index in [-0.39, 0.29) is 0 Å². The molecule has 0 heterocycles. The second kappa shape index (κ2) is 7.32. The lowest BCUT2D eigenvalue weighted by Gasteiger charge is -2.27. The van der Waals surface area contributed by atoms with Crippen molar-refractivity contribution in [3.05, 3.63) is 46.1 Å². The van der Waals surface area contributed by atoms with Crippen LogP contribution in [-0.4, -0.2) is 0 Å². The predicted molar refractivity (Wildman–Crippen MR) is 87.7 cm³/mol. The Hall–Kier alpha value is -0.310. The van der Waals surface area contributed by atoms with E-state index in [4.69, 9.17) is 0 Å². The first-order valence-electron chi connectivity index (χ1n) is 7.13. The first-order valence-corrected chi connectivity index (χ1v) is 8.21. The molecule has 2 rings (SSSR count). The van der Waals surface area contributed by atoms with Crippen LogP contribution in [0.2, 0.25) is 0 Å². The van der Waals surface area contributed by atoms with Gasteiger partial charge in [-0.2, -0.15) is 0 Å². The number of aryl methyl sites for hydroxylation is 1. The van der Waals surface area contributed by atoms with E-state index >= 15 is 0 Å². The molecule has 1 aromatic carbocycles. The number of hydrogen-bond donors (Lipinski definition) is 0. The molecule has 1 heteroatoms. The fraction of sp³-hybridized carbons (Fsp3) is 0.529. The Morgan fingerprint density at radius 2 is 1.67 bits per heavy atom. The Morgan fingerprint density at radius 1 is 1.06 bits per heavy atom. The minimum absolute atomic E-state index is 0.928. The summed E-state index contributed by atoms with van der Waals surface area (Å²) in [5, 5.41) is 0. The molecule has 98 valence electrons. The van der Waals surface area contributed by atoms with Crippen molar-refractivity contribution in [3.63, 3.8) is 0 Å². The van der Waals surface area contributed by atoms with Crippen LogP contribution in [0.3, 0.4) is 0 Å². The zero-order valence-corrected chi connectivity index (χ0v) is 13.2. The van der Waals surface area contributed by atoms with Crippen molar-refractivity contribution in [1.29, 1.82) is 0 Å². The largest absolute Gasteiger partial charge is 0.103 e. The van der Waals surface area contributed by atoms with E-state index in [0.717, 1.165) is 11.8 Å². The normalized spacial score (nSPS) is 23.8. The summed E-state index contributed by atoms with van der Waals surface area (Å²) >= 11 is 2.37. The Kier molecular flexibility index (Phi) is 5.74. The van der Waals surface area contributed by atoms with Crippen molar-refractivity contribution < 1.29 is 0 Å². The van der Waals surface area contributed by atoms with E-state index in [1.807, 2.05) is 0 Å². The number of hydrogen-bond acceptors (Lipinski definition) is 0. The van der Waals surface area contributed by atoms with Crippen molar-refractivity contribution in [2.75, 3.05) is 0 Å². The van der Waals surface area contributed by atoms with Gasteiger partial charge in [0, 0.05) is 3.57 Å². The Bertz CT molecular complexity index is 358. The molecule has 0 aromatic heterocycles. The third-order valence-corrected chi connectivity index (χ3v) is 4.94. The Balaban J connectivity index is 1.72. The molecule has 0 unspecified atom stereocenters. The summed E-state index contributed by atoms with van der Waals surface area (Å²) in [5.41, 5.74) is 1.50. The Morgan fingerprint density at radius 3 is 2.28 bits per heavy atom. The van der Waals surface area contributed by atoms with Gasteiger partial charge in [-0.25, -0.2) is 0 Å². The van der Waals surface area contributed by atoms with Gasteiger partial charge in [0.2, 0.25) is 0 Å². The summed E-state index contributed by atoms with van der Waals surface area (Å²) in [5.74, 6) is 1.89. The highest BCUT2D eigenvalue weighted by atomic mass is 127. The molecule has 0 atom stereocenters. The lowest BCUT2D eigenvalue weighted by atomic mass is 9.78. The van der Waals surface area contributed by atoms with Gasteiger partial charge in [-0.1, -0.05) is 31.1 Å². The van der Waals surface area contributed by atoms with E-state index in [2.05, 4.69) is 59.5 Å². The van der Waals surface area contributed by atoms with Gasteiger partial charge in [-0.05, 0) is 84.2 Å². The van der Waals surface area contributed by atoms with Gasteiger partial charge in [0.05, 0.1) is 0 Å². The molecule has 0 amide bonds. The maximum absolute atomic E-state index is 3.86. The van der Waals surface area contributed by atoms with E-state index in [1.165, 1.54) is 54.1 Å². The van der Waals surface area contributed by atoms with Crippen molar-refractivity contribution in [3.8, 4) is 0 Å². The predicted octanol–water partition coefficient (Wildman–Crippen LogP) is 5.61. The summed E-state index contributed by atoms with van der Waals surface area (Å²) in [6.45, 7) is 3.86. The van der Waals surface area contributed by atoms with E-state index in [0.29, 0.717) is 0 Å². The van der Waals surface area contributed by atoms with Gasteiger partial charge in [-0.3, -0.25) is 0 Å². The molecule has 0 spiro atoms. The molecule has 0 saturated heterocycles. The van der Waals surface area contributed by atoms with Gasteiger partial charge in [-0.15, -0.1) is 6.58 Å². The average molecular weight is 354 g/mol. The van der Waals surface area contributed by atoms with Crippen LogP contribution >= 0.6 is 22.6 Å². The fourth-order valence-corrected chi connectivity index (χ4v) is 3.37. The summed E-state index contributed by atoms with van der Waals surface area (Å²) in [7, 11) is 0. The Labute approximate surface area is 125 Å². The maximum Gasteiger partial charge on any atom is 0.0130 e. The lowest BCUT2D eigenvalue weighted by Crippen LogP contribution is -2.14. The van der Waals surface area contributed by atoms with Gasteiger partial charge in [0.15, 0.2) is 0 Å². The third-order valence-electron chi connectivity index (χ3n) is 4.22. The molecular weight excluding hydrogens is 331 g/mol. The molecular formula is C17H23I. The van der Waals surface area contributed by atoms with E-state index in [1.54, 1.807) is 0 Å². The number of rotatable bonds is 5. The van der Waals surface area contributed by atoms with Crippen LogP contribution < -0.4 is 0 Å². The van der Waals surface area contributed by atoms with Crippen LogP contribution in [0.15, 0.2) is 36.9 Å².